The van der Waals surface area contributed by atoms with Gasteiger partial charge >= 0.3 is 12.4 Å². The maximum Gasteiger partial charge on any atom is 0.416 e. The number of anilines is 1. The van der Waals surface area contributed by atoms with E-state index < -0.39 is 58.3 Å². The maximum atomic E-state index is 13.8. The van der Waals surface area contributed by atoms with Crippen LogP contribution in [0.25, 0.3) is 0 Å². The van der Waals surface area contributed by atoms with Crippen LogP contribution in [-0.2, 0) is 11.0 Å². The lowest BCUT2D eigenvalue weighted by atomic mass is 10.0. The van der Waals surface area contributed by atoms with Crippen LogP contribution in [0.3, 0.4) is 0 Å². The topological polar surface area (TPSA) is 58.2 Å². The second-order valence-electron chi connectivity index (χ2n) is 7.38. The van der Waals surface area contributed by atoms with E-state index in [4.69, 9.17) is 34.8 Å². The first-order valence-electron chi connectivity index (χ1n) is 9.21. The highest BCUT2D eigenvalue weighted by Crippen LogP contribution is 2.65. The van der Waals surface area contributed by atoms with Crippen molar-refractivity contribution in [1.29, 1.82) is 0 Å². The molecule has 1 fully saturated rings. The quantitative estimate of drug-likeness (QED) is 0.338. The molecule has 2 aromatic carbocycles. The third kappa shape index (κ3) is 5.87. The molecule has 3 rings (SSSR count). The van der Waals surface area contributed by atoms with Crippen molar-refractivity contribution in [3.8, 4) is 0 Å². The lowest BCUT2D eigenvalue weighted by Crippen LogP contribution is -2.33. The molecule has 1 aliphatic rings. The normalized spacial score (nSPS) is 19.5. The Morgan fingerprint density at radius 1 is 1.00 bits per heavy atom. The van der Waals surface area contributed by atoms with Crippen LogP contribution >= 0.6 is 34.8 Å². The number of hydrogen-bond acceptors (Lipinski definition) is 2. The summed E-state index contributed by atoms with van der Waals surface area (Å²) in [5, 5.41) is 3.75. The number of alkyl halides is 8. The van der Waals surface area contributed by atoms with E-state index in [0.717, 1.165) is 18.2 Å². The highest BCUT2D eigenvalue weighted by Gasteiger charge is 2.67. The summed E-state index contributed by atoms with van der Waals surface area (Å²) in [5.41, 5.74) is -1.98. The number of hydrogen-bond donors (Lipinski definition) is 2. The number of halogens is 10. The molecule has 0 aromatic heterocycles. The molecule has 184 valence electrons. The third-order valence-corrected chi connectivity index (χ3v) is 6.14. The Kier molecular flexibility index (Phi) is 7.05. The molecule has 0 aliphatic heterocycles. The molecule has 0 radical (unpaired) electrons. The van der Waals surface area contributed by atoms with E-state index in [1.807, 2.05) is 0 Å². The van der Waals surface area contributed by atoms with Crippen molar-refractivity contribution < 1.29 is 40.3 Å². The number of benzene rings is 2. The Hall–Kier alpha value is -2.24. The second-order valence-corrected chi connectivity index (χ2v) is 9.23. The predicted octanol–water partition coefficient (Wildman–Crippen LogP) is 6.32. The molecule has 1 aliphatic carbocycles. The Morgan fingerprint density at radius 3 is 2.24 bits per heavy atom. The van der Waals surface area contributed by atoms with Crippen molar-refractivity contribution in [3.63, 3.8) is 0 Å². The average Bonchev–Trinajstić information content (AvgIpc) is 3.28. The molecule has 0 saturated heterocycles. The van der Waals surface area contributed by atoms with Gasteiger partial charge in [-0.1, -0.05) is 11.6 Å². The van der Waals surface area contributed by atoms with Gasteiger partial charge in [-0.25, -0.2) is 4.39 Å². The second kappa shape index (κ2) is 9.09. The molecule has 0 spiro atoms. The first-order valence-corrected chi connectivity index (χ1v) is 10.3. The fourth-order valence-electron chi connectivity index (χ4n) is 3.30. The van der Waals surface area contributed by atoms with Crippen molar-refractivity contribution >= 4 is 52.3 Å². The lowest BCUT2D eigenvalue weighted by Gasteiger charge is -2.11. The number of rotatable bonds is 5. The Labute approximate surface area is 202 Å². The van der Waals surface area contributed by atoms with Gasteiger partial charge in [-0.05, 0) is 42.0 Å². The molecule has 2 atom stereocenters. The van der Waals surface area contributed by atoms with Gasteiger partial charge in [0.25, 0.3) is 5.91 Å². The summed E-state index contributed by atoms with van der Waals surface area (Å²) in [4.78, 5) is 24.7. The van der Waals surface area contributed by atoms with E-state index in [-0.39, 0.29) is 27.9 Å². The van der Waals surface area contributed by atoms with E-state index >= 15 is 0 Å². The van der Waals surface area contributed by atoms with E-state index in [1.165, 1.54) is 6.07 Å². The summed E-state index contributed by atoms with van der Waals surface area (Å²) in [5.74, 6) is -5.72. The summed E-state index contributed by atoms with van der Waals surface area (Å²) >= 11 is 18.0. The van der Waals surface area contributed by atoms with Crippen molar-refractivity contribution in [1.82, 2.24) is 5.32 Å². The smallest absolute Gasteiger partial charge is 0.343 e. The molecule has 34 heavy (non-hydrogen) atoms. The highest BCUT2D eigenvalue weighted by molar-refractivity contribution is 6.53. The SMILES string of the molecule is O=C(NCC(F)(F)F)c1cc(NC(=O)[C@H]2[C@H](c3cc(F)cc(C(F)(F)F)c3)C2(Cl)Cl)ccc1Cl. The summed E-state index contributed by atoms with van der Waals surface area (Å²) in [6.45, 7) is -1.61. The van der Waals surface area contributed by atoms with E-state index in [9.17, 15) is 40.3 Å². The fourth-order valence-corrected chi connectivity index (χ4v) is 4.33. The van der Waals surface area contributed by atoms with E-state index in [0.29, 0.717) is 6.07 Å². The van der Waals surface area contributed by atoms with Gasteiger partial charge in [0.05, 0.1) is 22.1 Å². The first-order chi connectivity index (χ1) is 15.5. The van der Waals surface area contributed by atoms with Gasteiger partial charge in [0.1, 0.15) is 16.7 Å². The zero-order valence-corrected chi connectivity index (χ0v) is 18.7. The summed E-state index contributed by atoms with van der Waals surface area (Å²) in [6, 6.07) is 5.05. The standard InChI is InChI=1S/C20H12Cl3F7N2O2/c21-13-2-1-11(6-12(13)16(33)31-7-18(25,26)27)32-17(34)15-14(19(15,22)23)8-3-9(20(28,29)30)5-10(24)4-8/h1-6,14-15H,7H2,(H,31,33)(H,32,34)/t14-,15+/m0/s1. The molecule has 1 saturated carbocycles. The zero-order valence-electron chi connectivity index (χ0n) is 16.4. The monoisotopic (exact) mass is 550 g/mol. The van der Waals surface area contributed by atoms with Crippen molar-refractivity contribution in [3.05, 3.63) is 63.9 Å². The van der Waals surface area contributed by atoms with Crippen LogP contribution < -0.4 is 10.6 Å². The lowest BCUT2D eigenvalue weighted by molar-refractivity contribution is -0.137. The minimum absolute atomic E-state index is 0.0726. The molecule has 0 heterocycles. The number of carbonyl (C=O) groups is 2. The van der Waals surface area contributed by atoms with Crippen molar-refractivity contribution in [2.45, 2.75) is 22.6 Å². The summed E-state index contributed by atoms with van der Waals surface area (Å²) in [6.07, 6.45) is -9.51. The molecule has 4 nitrogen and oxygen atoms in total. The summed E-state index contributed by atoms with van der Waals surface area (Å²) in [7, 11) is 0. The minimum atomic E-state index is -4.85. The number of amides is 2. The average molecular weight is 552 g/mol. The van der Waals surface area contributed by atoms with Gasteiger partial charge < -0.3 is 10.6 Å². The fraction of sp³-hybridized carbons (Fsp3) is 0.300. The predicted molar refractivity (Wildman–Crippen MR) is 111 cm³/mol. The van der Waals surface area contributed by atoms with Gasteiger partial charge in [-0.15, -0.1) is 23.2 Å². The molecular weight excluding hydrogens is 540 g/mol. The van der Waals surface area contributed by atoms with E-state index in [2.05, 4.69) is 5.32 Å². The van der Waals surface area contributed by atoms with Gasteiger partial charge in [0.2, 0.25) is 5.91 Å². The number of carbonyl (C=O) groups excluding carboxylic acids is 2. The molecule has 0 unspecified atom stereocenters. The summed E-state index contributed by atoms with van der Waals surface area (Å²) < 4.78 is 87.9. The molecule has 2 aromatic rings. The largest absolute Gasteiger partial charge is 0.416 e. The van der Waals surface area contributed by atoms with Crippen LogP contribution in [0.4, 0.5) is 36.4 Å². The van der Waals surface area contributed by atoms with Crippen LogP contribution in [0.2, 0.25) is 5.02 Å². The molecule has 0 bridgehead atoms. The first kappa shape index (κ1) is 26.4. The molecular formula is C20H12Cl3F7N2O2. The van der Waals surface area contributed by atoms with E-state index in [1.54, 1.807) is 5.32 Å². The van der Waals surface area contributed by atoms with Gasteiger partial charge in [-0.2, -0.15) is 26.3 Å². The zero-order chi connectivity index (χ0) is 25.6. The minimum Gasteiger partial charge on any atom is -0.343 e. The molecule has 2 amide bonds. The Morgan fingerprint density at radius 2 is 1.65 bits per heavy atom. The van der Waals surface area contributed by atoms with Crippen LogP contribution in [0.5, 0.6) is 0 Å². The molecule has 2 N–H and O–H groups in total. The van der Waals surface area contributed by atoms with Crippen molar-refractivity contribution in [2.75, 3.05) is 11.9 Å². The van der Waals surface area contributed by atoms with Gasteiger partial charge in [0, 0.05) is 11.6 Å². The highest BCUT2D eigenvalue weighted by atomic mass is 35.5. The van der Waals surface area contributed by atoms with Gasteiger partial charge in [0.15, 0.2) is 0 Å². The third-order valence-electron chi connectivity index (χ3n) is 4.87. The number of nitrogens with one attached hydrogen (secondary N) is 2. The van der Waals surface area contributed by atoms with Crippen LogP contribution in [0.15, 0.2) is 36.4 Å². The van der Waals surface area contributed by atoms with Crippen molar-refractivity contribution in [2.24, 2.45) is 5.92 Å². The Balaban J connectivity index is 1.79. The molecule has 14 heteroatoms. The van der Waals surface area contributed by atoms with Gasteiger partial charge in [-0.3, -0.25) is 9.59 Å². The maximum absolute atomic E-state index is 13.8. The van der Waals surface area contributed by atoms with Crippen LogP contribution in [-0.4, -0.2) is 28.9 Å². The van der Waals surface area contributed by atoms with Crippen LogP contribution in [0, 0.1) is 11.7 Å². The Bertz CT molecular complexity index is 1140. The van der Waals surface area contributed by atoms with Crippen LogP contribution in [0.1, 0.15) is 27.4 Å².